The first-order valence-electron chi connectivity index (χ1n) is 46.2. The Hall–Kier alpha value is -14.7. The lowest BCUT2D eigenvalue weighted by molar-refractivity contribution is -0.124. The van der Waals surface area contributed by atoms with Crippen molar-refractivity contribution in [2.24, 2.45) is 0 Å². The highest BCUT2D eigenvalue weighted by atomic mass is 16.3. The number of aryl methyl sites for hydroxylation is 8. The van der Waals surface area contributed by atoms with E-state index < -0.39 is 28.4 Å². The molecule has 2 saturated carbocycles. The third-order valence-electron chi connectivity index (χ3n) is 27.1. The monoisotopic (exact) mass is 1770 g/mol. The molecule has 8 amide bonds. The molecule has 13 aromatic rings. The van der Waals surface area contributed by atoms with E-state index in [9.17, 15) is 43.5 Å². The van der Waals surface area contributed by atoms with E-state index in [2.05, 4.69) is 145 Å². The Morgan fingerprint density at radius 1 is 0.308 bits per heavy atom. The highest BCUT2D eigenvalue weighted by molar-refractivity contribution is 6.11. The summed E-state index contributed by atoms with van der Waals surface area (Å²) in [5.74, 6) is -3.57. The molecule has 0 saturated heterocycles. The molecule has 0 atom stereocenters. The summed E-state index contributed by atoms with van der Waals surface area (Å²) in [5.41, 5.74) is 18.7. The number of anilines is 4. The number of carbonyl (C=O) groups is 8. The molecule has 18 nitrogen and oxygen atoms in total. The normalized spacial score (nSPS) is 14.4. The summed E-state index contributed by atoms with van der Waals surface area (Å²) >= 11 is 0. The zero-order chi connectivity index (χ0) is 93.9. The molecule has 1 aromatic heterocycles. The van der Waals surface area contributed by atoms with E-state index in [-0.39, 0.29) is 100 Å². The molecular formula is C115H117N9O9. The number of aromatic nitrogens is 1. The second kappa shape index (κ2) is 40.0. The SMILES string of the molecule is Cc1cc2cc(C)c1NC(=O)c1cc(cc(C(C)(C)C)c1)C(=O)Nc1c(C)cc(cc1C)C1(CCCCC1)c1cc(C)c(c(C)c1)NC(=O)c1cccc(n1)C(=O)Nc1c(C)cc(cc1C)C21CCCCC1.O=C(NCCNC(=O)C(c1ccccc1)(c1ccccc1)c1ccccc1)c1cccc(C(=O)NCCNC(=O)C(c2ccccc2)(c2ccccc2)c2ccccc2)c1O. The average Bonchev–Trinajstić information content (AvgIpc) is 0.751. The van der Waals surface area contributed by atoms with Gasteiger partial charge in [-0.15, -0.1) is 0 Å². The summed E-state index contributed by atoms with van der Waals surface area (Å²) in [5, 5.41) is 35.6. The van der Waals surface area contributed by atoms with Gasteiger partial charge in [-0.05, 0) is 235 Å². The van der Waals surface area contributed by atoms with Crippen LogP contribution >= 0.6 is 0 Å². The average molecular weight is 1770 g/mol. The molecule has 12 bridgehead atoms. The van der Waals surface area contributed by atoms with Gasteiger partial charge in [0.15, 0.2) is 0 Å². The largest absolute Gasteiger partial charge is 0.506 e. The molecule has 2 aliphatic carbocycles. The van der Waals surface area contributed by atoms with Crippen molar-refractivity contribution in [3.63, 3.8) is 0 Å². The van der Waals surface area contributed by atoms with Crippen LogP contribution in [0.1, 0.15) is 253 Å². The number of pyridine rings is 1. The summed E-state index contributed by atoms with van der Waals surface area (Å²) in [6.07, 6.45) is 10.5. The quantitative estimate of drug-likeness (QED) is 0.0326. The van der Waals surface area contributed by atoms with E-state index in [1.807, 2.05) is 222 Å². The number of nitrogens with one attached hydrogen (secondary N) is 8. The van der Waals surface area contributed by atoms with Gasteiger partial charge in [-0.25, -0.2) is 4.98 Å². The number of rotatable bonds is 16. The first kappa shape index (κ1) is 93.0. The van der Waals surface area contributed by atoms with Crippen molar-refractivity contribution in [1.82, 2.24) is 26.3 Å². The molecule has 11 heterocycles. The predicted molar refractivity (Wildman–Crippen MR) is 530 cm³/mol. The van der Waals surface area contributed by atoms with Crippen LogP contribution in [0.2, 0.25) is 0 Å². The van der Waals surface area contributed by atoms with Crippen LogP contribution in [0.5, 0.6) is 5.75 Å². The number of benzene rings is 12. The van der Waals surface area contributed by atoms with Gasteiger partial charge in [-0.1, -0.05) is 302 Å². The lowest BCUT2D eigenvalue weighted by Gasteiger charge is -2.40. The van der Waals surface area contributed by atoms with Crippen molar-refractivity contribution in [1.29, 1.82) is 0 Å². The van der Waals surface area contributed by atoms with Crippen LogP contribution in [0.3, 0.4) is 0 Å². The number of nitrogens with zero attached hydrogens (tertiary/aromatic N) is 1. The van der Waals surface area contributed by atoms with E-state index in [4.69, 9.17) is 0 Å². The minimum Gasteiger partial charge on any atom is -0.506 e. The fourth-order valence-electron chi connectivity index (χ4n) is 20.3. The summed E-state index contributed by atoms with van der Waals surface area (Å²) in [4.78, 5) is 117. The Morgan fingerprint density at radius 2 is 0.556 bits per heavy atom. The van der Waals surface area contributed by atoms with Gasteiger partial charge in [0.2, 0.25) is 11.8 Å². The first-order chi connectivity index (χ1) is 64.0. The second-order valence-corrected chi connectivity index (χ2v) is 36.9. The molecule has 12 aromatic carbocycles. The van der Waals surface area contributed by atoms with Crippen LogP contribution in [-0.2, 0) is 36.7 Å². The van der Waals surface area contributed by atoms with Crippen LogP contribution in [0.15, 0.2) is 285 Å². The van der Waals surface area contributed by atoms with Crippen molar-refractivity contribution in [3.8, 4) is 5.75 Å². The summed E-state index contributed by atoms with van der Waals surface area (Å²) in [6, 6.07) is 90.1. The second-order valence-electron chi connectivity index (χ2n) is 36.9. The summed E-state index contributed by atoms with van der Waals surface area (Å²) in [7, 11) is 0. The molecule has 2 fully saturated rings. The van der Waals surface area contributed by atoms with Crippen molar-refractivity contribution in [3.05, 3.63) is 424 Å². The zero-order valence-corrected chi connectivity index (χ0v) is 77.7. The fraction of sp³-hybridized carbons (Fsp3) is 0.261. The number of para-hydroxylation sites is 1. The molecule has 0 radical (unpaired) electrons. The molecule has 18 heteroatoms. The molecule has 676 valence electrons. The maximum atomic E-state index is 14.5. The maximum Gasteiger partial charge on any atom is 0.274 e. The van der Waals surface area contributed by atoms with Gasteiger partial charge >= 0.3 is 0 Å². The van der Waals surface area contributed by atoms with Crippen molar-refractivity contribution in [2.45, 2.75) is 167 Å². The number of aromatic hydroxyl groups is 1. The fourth-order valence-corrected chi connectivity index (χ4v) is 20.3. The van der Waals surface area contributed by atoms with Crippen LogP contribution in [0, 0.1) is 55.4 Å². The maximum absolute atomic E-state index is 14.5. The van der Waals surface area contributed by atoms with Gasteiger partial charge < -0.3 is 47.6 Å². The van der Waals surface area contributed by atoms with Crippen molar-refractivity contribution >= 4 is 70.0 Å². The Labute approximate surface area is 780 Å². The summed E-state index contributed by atoms with van der Waals surface area (Å²) < 4.78 is 0. The Morgan fingerprint density at radius 3 is 0.820 bits per heavy atom. The lowest BCUT2D eigenvalue weighted by atomic mass is 9.64. The molecule has 12 aliphatic rings. The van der Waals surface area contributed by atoms with Crippen LogP contribution < -0.4 is 42.5 Å². The van der Waals surface area contributed by atoms with Gasteiger partial charge in [-0.2, -0.15) is 0 Å². The van der Waals surface area contributed by atoms with Gasteiger partial charge in [0.05, 0.1) is 11.1 Å². The third kappa shape index (κ3) is 19.2. The molecular weight excluding hydrogens is 1650 g/mol. The number of amides is 8. The number of phenolic OH excluding ortho intramolecular Hbond substituents is 1. The minimum absolute atomic E-state index is 0.0466. The number of hydrogen-bond donors (Lipinski definition) is 9. The van der Waals surface area contributed by atoms with Crippen LogP contribution in [-0.4, -0.2) is 83.5 Å². The Balaban J connectivity index is 0.000000206. The van der Waals surface area contributed by atoms with Gasteiger partial charge in [0.1, 0.15) is 28.0 Å². The molecule has 0 unspecified atom stereocenters. The Kier molecular flexibility index (Phi) is 28.0. The van der Waals surface area contributed by atoms with Gasteiger partial charge in [0, 0.05) is 70.9 Å². The number of hydrogen-bond acceptors (Lipinski definition) is 10. The van der Waals surface area contributed by atoms with Crippen molar-refractivity contribution < 1.29 is 43.5 Å². The van der Waals surface area contributed by atoms with E-state index in [0.717, 1.165) is 170 Å². The molecule has 9 N–H and O–H groups in total. The third-order valence-corrected chi connectivity index (χ3v) is 27.1. The highest BCUT2D eigenvalue weighted by Crippen LogP contribution is 2.51. The van der Waals surface area contributed by atoms with Gasteiger partial charge in [-0.3, -0.25) is 38.4 Å². The number of carbonyl (C=O) groups excluding carboxylic acids is 8. The minimum atomic E-state index is -1.18. The molecule has 2 spiro atoms. The van der Waals surface area contributed by atoms with Gasteiger partial charge in [0.25, 0.3) is 35.4 Å². The summed E-state index contributed by atoms with van der Waals surface area (Å²) in [6.45, 7) is 22.9. The molecule has 25 rings (SSSR count). The topological polar surface area (TPSA) is 266 Å². The van der Waals surface area contributed by atoms with Crippen LogP contribution in [0.25, 0.3) is 0 Å². The smallest absolute Gasteiger partial charge is 0.274 e. The number of phenols is 1. The molecule has 10 aliphatic heterocycles. The van der Waals surface area contributed by atoms with E-state index in [1.54, 1.807) is 24.3 Å². The Bertz CT molecular complexity index is 5880. The standard InChI is InChI=1S/C63H71N5O4.C52H46N4O5/c1-36-25-47-26-37(2)53(36)65-57(69)44-33-45(35-46(34-44)61(9,10)11)58(70)66-54-38(3)27-48(28-39(54)4)63(23-16-13-17-24-63)50-31-42(7)56(43(8)32-50)68-60(72)52-20-18-19-51(64-52)59(71)67-55-40(5)29-49(30-41(55)6)62(47)21-14-12-15-22-62;57-46-44(47(58)53-34-36-55-49(60)51(38-20-7-1-8-21-38,39-22-9-2-10-23-39)40-24-11-3-12-25-40)32-19-33-45(46)48(59)54-35-37-56-50(61)52(41-26-13-4-14-27-41,42-28-15-5-16-29-42)43-30-17-6-18-31-43/h18-20,25-35H,12-17,21-24H2,1-11H3,(H,65,69)(H,66,70)(H,67,71)(H,68,72);1-33,57H,34-37H2,(H,53,58)(H,54,59)(H,55,60)(H,56,61). The van der Waals surface area contributed by atoms with Crippen LogP contribution in [0.4, 0.5) is 22.7 Å². The molecule has 133 heavy (non-hydrogen) atoms. The van der Waals surface area contributed by atoms with E-state index in [1.165, 1.54) is 40.5 Å². The first-order valence-corrected chi connectivity index (χ1v) is 46.2. The predicted octanol–water partition coefficient (Wildman–Crippen LogP) is 21.8. The zero-order valence-electron chi connectivity index (χ0n) is 77.7. The van der Waals surface area contributed by atoms with Crippen molar-refractivity contribution in [2.75, 3.05) is 47.4 Å². The lowest BCUT2D eigenvalue weighted by Crippen LogP contribution is -2.48. The van der Waals surface area contributed by atoms with E-state index >= 15 is 0 Å². The highest BCUT2D eigenvalue weighted by Gasteiger charge is 2.46. The van der Waals surface area contributed by atoms with E-state index in [0.29, 0.717) is 11.1 Å².